The quantitative estimate of drug-likeness (QED) is 0.0883. The molecule has 0 amide bonds. The van der Waals surface area contributed by atoms with Crippen molar-refractivity contribution < 1.29 is 9.26 Å². The number of nitrogens with two attached hydrogens (primary N) is 2. The predicted molar refractivity (Wildman–Crippen MR) is 154 cm³/mol. The van der Waals surface area contributed by atoms with E-state index >= 15 is 0 Å². The van der Waals surface area contributed by atoms with Crippen LogP contribution in [-0.4, -0.2) is 11.0 Å². The number of ether oxygens (including phenoxy) is 1. The molecule has 2 atom stereocenters. The Morgan fingerprint density at radius 3 is 2.38 bits per heavy atom. The number of benzene rings is 3. The van der Waals surface area contributed by atoms with Crippen molar-refractivity contribution >= 4 is 40.6 Å². The Hall–Kier alpha value is -3.23. The summed E-state index contributed by atoms with van der Waals surface area (Å²) >= 11 is 19.7. The van der Waals surface area contributed by atoms with Gasteiger partial charge in [0.25, 0.3) is 0 Å². The summed E-state index contributed by atoms with van der Waals surface area (Å²) < 4.78 is 12.0. The van der Waals surface area contributed by atoms with Crippen LogP contribution in [0.5, 0.6) is 5.75 Å². The van der Waals surface area contributed by atoms with E-state index in [4.69, 9.17) is 55.7 Å². The molecule has 0 spiro atoms. The highest BCUT2D eigenvalue weighted by molar-refractivity contribution is 6.39. The zero-order valence-corrected chi connectivity index (χ0v) is 23.1. The lowest BCUT2D eigenvalue weighted by molar-refractivity contribution is 0.300. The molecule has 6 rings (SSSR count). The molecule has 4 aromatic rings. The predicted octanol–water partition coefficient (Wildman–Crippen LogP) is 7.11. The monoisotopic (exact) mass is 581 g/mol. The molecule has 1 heterocycles. The van der Waals surface area contributed by atoms with E-state index in [9.17, 15) is 0 Å². The number of aromatic nitrogens is 1. The molecule has 0 aliphatic heterocycles. The van der Waals surface area contributed by atoms with Crippen molar-refractivity contribution in [3.05, 3.63) is 104 Å². The Morgan fingerprint density at radius 2 is 1.74 bits per heavy atom. The Morgan fingerprint density at radius 1 is 1.00 bits per heavy atom. The van der Waals surface area contributed by atoms with Crippen LogP contribution in [0.25, 0.3) is 11.3 Å². The summed E-state index contributed by atoms with van der Waals surface area (Å²) in [4.78, 5) is 0. The first kappa shape index (κ1) is 26.0. The molecule has 2 aliphatic carbocycles. The van der Waals surface area contributed by atoms with Crippen molar-refractivity contribution in [2.45, 2.75) is 43.6 Å². The van der Waals surface area contributed by atoms with Crippen LogP contribution < -0.4 is 21.8 Å². The van der Waals surface area contributed by atoms with Gasteiger partial charge in [0.1, 0.15) is 23.8 Å². The van der Waals surface area contributed by atoms with Crippen LogP contribution in [0.2, 0.25) is 15.1 Å². The van der Waals surface area contributed by atoms with Gasteiger partial charge >= 0.3 is 0 Å². The number of hydrogen-bond donors (Lipinski definition) is 3. The number of hydrazone groups is 1. The number of nitrogens with one attached hydrogen (secondary N) is 1. The molecule has 1 aromatic heterocycles. The summed E-state index contributed by atoms with van der Waals surface area (Å²) in [7, 11) is 0. The van der Waals surface area contributed by atoms with E-state index in [1.165, 1.54) is 5.56 Å². The molecule has 2 aliphatic rings. The number of nitrogens with zero attached hydrogens (tertiary/aromatic N) is 2. The summed E-state index contributed by atoms with van der Waals surface area (Å²) in [6, 6.07) is 19.3. The SMILES string of the molecule is N/N=C(\NN)c1ccc(C2CC2c2ccc(OCc3c(-c4c(Cl)cccc4Cl)noc3C3CC3)cc2Cl)cc1. The fourth-order valence-electron chi connectivity index (χ4n) is 5.09. The van der Waals surface area contributed by atoms with Crippen LogP contribution >= 0.6 is 34.8 Å². The molecule has 2 saturated carbocycles. The van der Waals surface area contributed by atoms with Crippen molar-refractivity contribution in [3.63, 3.8) is 0 Å². The number of hydrazine groups is 1. The number of amidine groups is 1. The second kappa shape index (κ2) is 10.7. The van der Waals surface area contributed by atoms with Crippen LogP contribution in [0, 0.1) is 0 Å². The molecule has 7 nitrogen and oxygen atoms in total. The van der Waals surface area contributed by atoms with Crippen LogP contribution in [0.3, 0.4) is 0 Å². The summed E-state index contributed by atoms with van der Waals surface area (Å²) in [6.07, 6.45) is 3.16. The van der Waals surface area contributed by atoms with E-state index in [-0.39, 0.29) is 6.61 Å². The summed E-state index contributed by atoms with van der Waals surface area (Å²) in [5, 5.41) is 9.71. The zero-order chi connectivity index (χ0) is 27.1. The van der Waals surface area contributed by atoms with Gasteiger partial charge in [0, 0.05) is 22.1 Å². The maximum atomic E-state index is 6.75. The Labute approximate surface area is 241 Å². The van der Waals surface area contributed by atoms with Gasteiger partial charge in [-0.05, 0) is 66.5 Å². The molecular weight excluding hydrogens is 557 g/mol. The second-order valence-corrected chi connectivity index (χ2v) is 11.1. The van der Waals surface area contributed by atoms with Gasteiger partial charge in [-0.25, -0.2) is 5.84 Å². The lowest BCUT2D eigenvalue weighted by Crippen LogP contribution is -2.31. The van der Waals surface area contributed by atoms with Gasteiger partial charge in [0.2, 0.25) is 0 Å². The van der Waals surface area contributed by atoms with Crippen molar-refractivity contribution in [3.8, 4) is 17.0 Å². The van der Waals surface area contributed by atoms with Crippen LogP contribution in [0.4, 0.5) is 0 Å². The molecule has 200 valence electrons. The maximum Gasteiger partial charge on any atom is 0.166 e. The molecule has 0 radical (unpaired) electrons. The molecule has 5 N–H and O–H groups in total. The van der Waals surface area contributed by atoms with Gasteiger partial charge in [0.05, 0.1) is 15.6 Å². The Bertz CT molecular complexity index is 1530. The van der Waals surface area contributed by atoms with Gasteiger partial charge < -0.3 is 20.5 Å². The van der Waals surface area contributed by atoms with Crippen LogP contribution in [0.1, 0.15) is 65.0 Å². The van der Waals surface area contributed by atoms with E-state index in [1.807, 2.05) is 24.3 Å². The lowest BCUT2D eigenvalue weighted by Gasteiger charge is -2.11. The van der Waals surface area contributed by atoms with E-state index in [0.29, 0.717) is 55.7 Å². The largest absolute Gasteiger partial charge is 0.489 e. The highest BCUT2D eigenvalue weighted by Crippen LogP contribution is 2.56. The number of rotatable bonds is 8. The van der Waals surface area contributed by atoms with Crippen molar-refractivity contribution in [2.75, 3.05) is 0 Å². The van der Waals surface area contributed by atoms with E-state index in [2.05, 4.69) is 33.9 Å². The van der Waals surface area contributed by atoms with Crippen LogP contribution in [-0.2, 0) is 6.61 Å². The summed E-state index contributed by atoms with van der Waals surface area (Å²) in [5.41, 5.74) is 7.82. The minimum absolute atomic E-state index is 0.270. The smallest absolute Gasteiger partial charge is 0.166 e. The van der Waals surface area contributed by atoms with Crippen molar-refractivity contribution in [1.29, 1.82) is 0 Å². The molecule has 0 saturated heterocycles. The highest BCUT2D eigenvalue weighted by Gasteiger charge is 2.40. The first-order valence-electron chi connectivity index (χ1n) is 12.7. The first-order chi connectivity index (χ1) is 19.0. The molecule has 2 fully saturated rings. The van der Waals surface area contributed by atoms with Gasteiger partial charge in [-0.2, -0.15) is 5.10 Å². The summed E-state index contributed by atoms with van der Waals surface area (Å²) in [6.45, 7) is 0.270. The Kier molecular flexibility index (Phi) is 7.16. The molecular formula is C29H26Cl3N5O2. The standard InChI is InChI=1S/C29H26Cl3N5O2/c30-23-2-1-3-24(31)26(23)27-22(28(39-37-27)16-6-7-16)14-38-18-10-11-19(25(32)12-18)21-13-20(21)15-4-8-17(9-5-15)29(35-33)36-34/h1-5,8-12,16,20-21H,6-7,13-14,33-34H2,(H,35,36). The lowest BCUT2D eigenvalue weighted by atomic mass is 10.0. The average molecular weight is 583 g/mol. The third-order valence-corrected chi connectivity index (χ3v) is 8.35. The van der Waals surface area contributed by atoms with E-state index in [1.54, 1.807) is 18.2 Å². The van der Waals surface area contributed by atoms with Crippen molar-refractivity contribution in [1.82, 2.24) is 10.6 Å². The van der Waals surface area contributed by atoms with E-state index < -0.39 is 0 Å². The number of hydrogen-bond acceptors (Lipinski definition) is 6. The third kappa shape index (κ3) is 5.20. The van der Waals surface area contributed by atoms with Gasteiger partial charge in [-0.1, -0.05) is 76.4 Å². The second-order valence-electron chi connectivity index (χ2n) is 9.91. The zero-order valence-electron chi connectivity index (χ0n) is 20.8. The third-order valence-electron chi connectivity index (χ3n) is 7.39. The summed E-state index contributed by atoms with van der Waals surface area (Å²) in [5.74, 6) is 13.9. The minimum Gasteiger partial charge on any atom is -0.489 e. The van der Waals surface area contributed by atoms with Crippen LogP contribution in [0.15, 0.2) is 70.3 Å². The van der Waals surface area contributed by atoms with Crippen molar-refractivity contribution in [2.24, 2.45) is 16.8 Å². The minimum atomic E-state index is 0.270. The molecule has 0 bridgehead atoms. The fourth-order valence-corrected chi connectivity index (χ4v) is 5.98. The topological polar surface area (TPSA) is 112 Å². The molecule has 39 heavy (non-hydrogen) atoms. The molecule has 10 heteroatoms. The average Bonchev–Trinajstić information content (AvgIpc) is 3.87. The normalized spacial score (nSPS) is 18.7. The molecule has 2 unspecified atom stereocenters. The van der Waals surface area contributed by atoms with Gasteiger partial charge in [-0.3, -0.25) is 0 Å². The van der Waals surface area contributed by atoms with Gasteiger partial charge in [0.15, 0.2) is 5.84 Å². The number of halogens is 3. The first-order valence-corrected chi connectivity index (χ1v) is 13.8. The molecule has 3 aromatic carbocycles. The highest BCUT2D eigenvalue weighted by atomic mass is 35.5. The Balaban J connectivity index is 1.17. The van der Waals surface area contributed by atoms with E-state index in [0.717, 1.165) is 41.7 Å². The fraction of sp³-hybridized carbons (Fsp3) is 0.241. The maximum absolute atomic E-state index is 6.75. The van der Waals surface area contributed by atoms with Gasteiger partial charge in [-0.15, -0.1) is 0 Å².